The first-order valence-electron chi connectivity index (χ1n) is 13.6. The number of aromatic carboxylic acids is 1. The molecule has 4 rings (SSSR count). The number of carboxylic acids is 1. The second kappa shape index (κ2) is 13.8. The van der Waals surface area contributed by atoms with Crippen molar-refractivity contribution in [1.29, 1.82) is 0 Å². The van der Waals surface area contributed by atoms with Gasteiger partial charge in [0.05, 0.1) is 18.7 Å². The van der Waals surface area contributed by atoms with Crippen LogP contribution in [0.15, 0.2) is 77.7 Å². The number of anilines is 1. The van der Waals surface area contributed by atoms with Crippen LogP contribution < -0.4 is 4.90 Å². The highest BCUT2D eigenvalue weighted by Gasteiger charge is 2.38. The fourth-order valence-corrected chi connectivity index (χ4v) is 6.11. The highest BCUT2D eigenvalue weighted by molar-refractivity contribution is 7.89. The van der Waals surface area contributed by atoms with Gasteiger partial charge in [0.2, 0.25) is 21.7 Å². The minimum Gasteiger partial charge on any atom is -0.478 e. The Morgan fingerprint density at radius 1 is 0.745 bits per heavy atom. The number of hydrogen-bond donors (Lipinski definition) is 1. The number of carbonyl (C=O) groups excluding carboxylic acids is 1. The van der Waals surface area contributed by atoms with Crippen LogP contribution in [0.3, 0.4) is 0 Å². The van der Waals surface area contributed by atoms with Gasteiger partial charge in [-0.05, 0) is 66.9 Å². The van der Waals surface area contributed by atoms with E-state index in [1.165, 1.54) is 86.6 Å². The van der Waals surface area contributed by atoms with Crippen molar-refractivity contribution in [3.05, 3.63) is 129 Å². The Bertz CT molecular complexity index is 1890. The SMILES string of the molecule is CC(C)(F)c1ccc(CN(C(=O)CN(Cc2ccc(Cl)cc2)S(=O)(=O)c2c(F)c(F)c(F)c(F)c2F)c2ccc(C(=O)O)cc2)cc1. The Kier molecular flexibility index (Phi) is 10.4. The lowest BCUT2D eigenvalue weighted by Gasteiger charge is -2.28. The van der Waals surface area contributed by atoms with Gasteiger partial charge >= 0.3 is 5.97 Å². The molecule has 0 spiro atoms. The molecule has 4 aromatic rings. The zero-order valence-electron chi connectivity index (χ0n) is 24.6. The zero-order valence-corrected chi connectivity index (χ0v) is 26.2. The summed E-state index contributed by atoms with van der Waals surface area (Å²) in [5.41, 5.74) is -0.907. The largest absolute Gasteiger partial charge is 0.478 e. The highest BCUT2D eigenvalue weighted by Crippen LogP contribution is 2.31. The van der Waals surface area contributed by atoms with Crippen LogP contribution in [0.2, 0.25) is 5.02 Å². The first kappa shape index (κ1) is 35.5. The number of sulfonamides is 1. The number of amides is 1. The Labute approximate surface area is 270 Å². The number of alkyl halides is 1. The monoisotopic (exact) mass is 698 g/mol. The number of carbonyl (C=O) groups is 2. The van der Waals surface area contributed by atoms with E-state index in [-0.39, 0.29) is 32.7 Å². The molecule has 0 unspecified atom stereocenters. The van der Waals surface area contributed by atoms with Crippen LogP contribution in [0.5, 0.6) is 0 Å². The van der Waals surface area contributed by atoms with E-state index in [1.807, 2.05) is 0 Å². The maximum atomic E-state index is 14.8. The Morgan fingerprint density at radius 3 is 1.70 bits per heavy atom. The van der Waals surface area contributed by atoms with E-state index in [0.29, 0.717) is 11.1 Å². The lowest BCUT2D eigenvalue weighted by molar-refractivity contribution is -0.119. The zero-order chi connectivity index (χ0) is 34.8. The van der Waals surface area contributed by atoms with Gasteiger partial charge in [0.1, 0.15) is 5.67 Å². The summed E-state index contributed by atoms with van der Waals surface area (Å²) in [5.74, 6) is -15.1. The van der Waals surface area contributed by atoms with Crippen molar-refractivity contribution in [3.8, 4) is 0 Å². The minimum atomic E-state index is -5.62. The molecule has 4 aromatic carbocycles. The minimum absolute atomic E-state index is 0.0648. The molecule has 0 saturated heterocycles. The van der Waals surface area contributed by atoms with Crippen LogP contribution in [0.1, 0.15) is 40.9 Å². The number of benzene rings is 4. The lowest BCUT2D eigenvalue weighted by atomic mass is 9.99. The Hall–Kier alpha value is -4.40. The molecular weight excluding hydrogens is 674 g/mol. The average molecular weight is 699 g/mol. The molecule has 248 valence electrons. The van der Waals surface area contributed by atoms with Crippen molar-refractivity contribution in [2.75, 3.05) is 11.4 Å². The number of hydrogen-bond acceptors (Lipinski definition) is 4. The fraction of sp³-hybridized carbons (Fsp3) is 0.188. The van der Waals surface area contributed by atoms with Gasteiger partial charge in [-0.2, -0.15) is 4.31 Å². The van der Waals surface area contributed by atoms with Crippen LogP contribution in [0.25, 0.3) is 0 Å². The van der Waals surface area contributed by atoms with E-state index in [4.69, 9.17) is 11.6 Å². The van der Waals surface area contributed by atoms with Crippen molar-refractivity contribution in [1.82, 2.24) is 4.31 Å². The molecule has 0 heterocycles. The first-order valence-corrected chi connectivity index (χ1v) is 15.4. The maximum Gasteiger partial charge on any atom is 0.335 e. The van der Waals surface area contributed by atoms with Gasteiger partial charge in [0.25, 0.3) is 0 Å². The first-order chi connectivity index (χ1) is 21.9. The van der Waals surface area contributed by atoms with Crippen molar-refractivity contribution in [3.63, 3.8) is 0 Å². The third-order valence-electron chi connectivity index (χ3n) is 7.06. The van der Waals surface area contributed by atoms with E-state index < -0.39 is 74.6 Å². The molecule has 0 fully saturated rings. The van der Waals surface area contributed by atoms with E-state index in [1.54, 1.807) is 0 Å². The van der Waals surface area contributed by atoms with Gasteiger partial charge in [-0.15, -0.1) is 0 Å². The molecule has 0 aliphatic rings. The van der Waals surface area contributed by atoms with Crippen LogP contribution in [-0.4, -0.2) is 36.3 Å². The van der Waals surface area contributed by atoms with E-state index in [2.05, 4.69) is 0 Å². The van der Waals surface area contributed by atoms with Gasteiger partial charge in [-0.3, -0.25) is 4.79 Å². The van der Waals surface area contributed by atoms with Crippen LogP contribution in [0.4, 0.5) is 32.0 Å². The molecule has 0 bridgehead atoms. The predicted octanol–water partition coefficient (Wildman–Crippen LogP) is 7.36. The number of carboxylic acid groups (broad SMARTS) is 1. The lowest BCUT2D eigenvalue weighted by Crippen LogP contribution is -2.43. The molecule has 0 atom stereocenters. The van der Waals surface area contributed by atoms with Crippen LogP contribution >= 0.6 is 11.6 Å². The summed E-state index contributed by atoms with van der Waals surface area (Å²) in [6, 6.07) is 16.1. The second-order valence-corrected chi connectivity index (χ2v) is 13.1. The summed E-state index contributed by atoms with van der Waals surface area (Å²) >= 11 is 5.89. The Balaban J connectivity index is 1.81. The number of nitrogens with zero attached hydrogens (tertiary/aromatic N) is 2. The van der Waals surface area contributed by atoms with Gasteiger partial charge in [-0.1, -0.05) is 48.0 Å². The predicted molar refractivity (Wildman–Crippen MR) is 160 cm³/mol. The number of halogens is 7. The summed E-state index contributed by atoms with van der Waals surface area (Å²) in [5, 5.41) is 9.53. The molecule has 0 aliphatic carbocycles. The average Bonchev–Trinajstić information content (AvgIpc) is 3.02. The molecule has 1 amide bonds. The van der Waals surface area contributed by atoms with Crippen LogP contribution in [0, 0.1) is 29.1 Å². The summed E-state index contributed by atoms with van der Waals surface area (Å²) < 4.78 is 114. The van der Waals surface area contributed by atoms with Gasteiger partial charge in [0.15, 0.2) is 28.2 Å². The van der Waals surface area contributed by atoms with Gasteiger partial charge < -0.3 is 10.0 Å². The summed E-state index contributed by atoms with van der Waals surface area (Å²) in [7, 11) is -5.62. The van der Waals surface area contributed by atoms with E-state index in [0.717, 1.165) is 4.90 Å². The van der Waals surface area contributed by atoms with Gasteiger partial charge in [0, 0.05) is 17.3 Å². The molecule has 0 aliphatic heterocycles. The second-order valence-electron chi connectivity index (χ2n) is 10.8. The number of rotatable bonds is 11. The third-order valence-corrected chi connectivity index (χ3v) is 9.12. The fourth-order valence-electron chi connectivity index (χ4n) is 4.49. The molecule has 0 radical (unpaired) electrons. The van der Waals surface area contributed by atoms with Crippen molar-refractivity contribution < 1.29 is 49.5 Å². The molecule has 15 heteroatoms. The maximum absolute atomic E-state index is 14.8. The Morgan fingerprint density at radius 2 is 1.21 bits per heavy atom. The van der Waals surface area contributed by atoms with Crippen molar-refractivity contribution in [2.24, 2.45) is 0 Å². The summed E-state index contributed by atoms with van der Waals surface area (Å²) in [6.07, 6.45) is 0. The quantitative estimate of drug-likeness (QED) is 0.100. The highest BCUT2D eigenvalue weighted by atomic mass is 35.5. The topological polar surface area (TPSA) is 95.0 Å². The van der Waals surface area contributed by atoms with E-state index >= 15 is 0 Å². The molecule has 0 saturated carbocycles. The third kappa shape index (κ3) is 7.77. The van der Waals surface area contributed by atoms with Crippen molar-refractivity contribution >= 4 is 39.2 Å². The summed E-state index contributed by atoms with van der Waals surface area (Å²) in [6.45, 7) is 0.442. The molecule has 0 aromatic heterocycles. The molecule has 47 heavy (non-hydrogen) atoms. The standard InChI is InChI=1S/C32H25ClF6N2O5S/c1-32(2,39)21-9-3-19(4-10-21)16-41(23-13-7-20(8-14-23)31(43)44)24(42)17-40(15-18-5-11-22(33)12-6-18)47(45,46)30-28(37)26(35)25(34)27(36)29(30)38/h3-14H,15-17H2,1-2H3,(H,43,44). The molecule has 7 nitrogen and oxygen atoms in total. The van der Waals surface area contributed by atoms with Gasteiger partial charge in [-0.25, -0.2) is 39.6 Å². The van der Waals surface area contributed by atoms with Crippen LogP contribution in [-0.2, 0) is 33.6 Å². The van der Waals surface area contributed by atoms with Crippen molar-refractivity contribution in [2.45, 2.75) is 37.5 Å². The molecule has 1 N–H and O–H groups in total. The van der Waals surface area contributed by atoms with E-state index in [9.17, 15) is 49.5 Å². The molecular formula is C32H25ClF6N2O5S. The summed E-state index contributed by atoms with van der Waals surface area (Å²) in [4.78, 5) is 24.2. The smallest absolute Gasteiger partial charge is 0.335 e. The normalized spacial score (nSPS) is 12.0.